The lowest BCUT2D eigenvalue weighted by atomic mass is 10.2. The highest BCUT2D eigenvalue weighted by Gasteiger charge is 2.07. The Kier molecular flexibility index (Phi) is 4.26. The molecule has 1 aromatic heterocycles. The molecule has 20 heavy (non-hydrogen) atoms. The second-order valence-electron chi connectivity index (χ2n) is 4.13. The maximum absolute atomic E-state index is 11.1. The van der Waals surface area contributed by atoms with Gasteiger partial charge in [-0.25, -0.2) is 18.5 Å². The van der Waals surface area contributed by atoms with E-state index in [1.54, 1.807) is 24.4 Å². The Morgan fingerprint density at radius 3 is 2.45 bits per heavy atom. The molecule has 0 spiro atoms. The molecule has 1 heterocycles. The molecule has 0 saturated carbocycles. The highest BCUT2D eigenvalue weighted by Crippen LogP contribution is 2.20. The maximum Gasteiger partial charge on any atom is 0.238 e. The van der Waals surface area contributed by atoms with Gasteiger partial charge >= 0.3 is 0 Å². The predicted molar refractivity (Wildman–Crippen MR) is 81.5 cm³/mol. The molecule has 2 aromatic rings. The zero-order chi connectivity index (χ0) is 14.8. The van der Waals surface area contributed by atoms with Gasteiger partial charge in [-0.2, -0.15) is 0 Å². The largest absolute Gasteiger partial charge is 0.396 e. The fourth-order valence-electron chi connectivity index (χ4n) is 1.59. The molecular formula is C12H13BrN4O2S. The molecule has 0 aliphatic rings. The van der Waals surface area contributed by atoms with E-state index in [2.05, 4.69) is 26.2 Å². The summed E-state index contributed by atoms with van der Waals surface area (Å²) in [5, 5.41) is 8.11. The fourth-order valence-corrected chi connectivity index (χ4v) is 2.45. The van der Waals surface area contributed by atoms with Crippen LogP contribution in [-0.2, 0) is 16.6 Å². The summed E-state index contributed by atoms with van der Waals surface area (Å²) < 4.78 is 23.1. The number of rotatable bonds is 4. The quantitative estimate of drug-likeness (QED) is 0.771. The molecule has 0 saturated heterocycles. The molecule has 0 amide bonds. The Labute approximate surface area is 125 Å². The minimum atomic E-state index is -3.66. The number of aromatic nitrogens is 1. The first-order chi connectivity index (χ1) is 9.36. The van der Waals surface area contributed by atoms with Crippen molar-refractivity contribution in [3.8, 4) is 0 Å². The van der Waals surface area contributed by atoms with E-state index in [0.717, 1.165) is 10.0 Å². The van der Waals surface area contributed by atoms with Crippen LogP contribution in [0.2, 0.25) is 0 Å². The maximum atomic E-state index is 11.1. The third-order valence-electron chi connectivity index (χ3n) is 2.60. The van der Waals surface area contributed by atoms with Crippen molar-refractivity contribution in [1.82, 2.24) is 4.98 Å². The minimum absolute atomic E-state index is 0.0857. The van der Waals surface area contributed by atoms with Gasteiger partial charge in [0.05, 0.1) is 10.6 Å². The van der Waals surface area contributed by atoms with Crippen LogP contribution >= 0.6 is 15.9 Å². The van der Waals surface area contributed by atoms with Crippen LogP contribution in [0, 0.1) is 0 Å². The lowest BCUT2D eigenvalue weighted by Crippen LogP contribution is -2.12. The highest BCUT2D eigenvalue weighted by atomic mass is 79.9. The van der Waals surface area contributed by atoms with Crippen molar-refractivity contribution >= 4 is 37.5 Å². The molecular weight excluding hydrogens is 344 g/mol. The van der Waals surface area contributed by atoms with Gasteiger partial charge in [-0.05, 0) is 39.7 Å². The van der Waals surface area contributed by atoms with Crippen molar-refractivity contribution in [3.63, 3.8) is 0 Å². The first-order valence-corrected chi connectivity index (χ1v) is 7.97. The minimum Gasteiger partial charge on any atom is -0.396 e. The van der Waals surface area contributed by atoms with Gasteiger partial charge < -0.3 is 11.1 Å². The van der Waals surface area contributed by atoms with Crippen molar-refractivity contribution < 1.29 is 8.42 Å². The topological polar surface area (TPSA) is 111 Å². The van der Waals surface area contributed by atoms with E-state index in [1.807, 2.05) is 0 Å². The second-order valence-corrected chi connectivity index (χ2v) is 6.61. The lowest BCUT2D eigenvalue weighted by Gasteiger charge is -2.09. The first kappa shape index (κ1) is 14.8. The number of nitrogens with two attached hydrogens (primary N) is 2. The van der Waals surface area contributed by atoms with Crippen molar-refractivity contribution in [2.75, 3.05) is 11.1 Å². The number of benzene rings is 1. The van der Waals surface area contributed by atoms with E-state index >= 15 is 0 Å². The van der Waals surface area contributed by atoms with Crippen LogP contribution in [0.5, 0.6) is 0 Å². The number of nitrogen functional groups attached to an aromatic ring is 1. The summed E-state index contributed by atoms with van der Waals surface area (Å²) >= 11 is 3.28. The number of hydrogen-bond donors (Lipinski definition) is 3. The van der Waals surface area contributed by atoms with E-state index in [4.69, 9.17) is 10.9 Å². The Hall–Kier alpha value is -1.64. The predicted octanol–water partition coefficient (Wildman–Crippen LogP) is 1.69. The van der Waals surface area contributed by atoms with Crippen LogP contribution in [0.3, 0.4) is 0 Å². The van der Waals surface area contributed by atoms with E-state index in [0.29, 0.717) is 18.1 Å². The Morgan fingerprint density at radius 1 is 1.25 bits per heavy atom. The number of pyridine rings is 1. The fraction of sp³-hybridized carbons (Fsp3) is 0.0833. The van der Waals surface area contributed by atoms with Gasteiger partial charge in [0.1, 0.15) is 5.82 Å². The Balaban J connectivity index is 2.08. The number of nitrogens with one attached hydrogen (secondary N) is 1. The summed E-state index contributed by atoms with van der Waals surface area (Å²) in [6, 6.07) is 8.04. The molecule has 0 atom stereocenters. The van der Waals surface area contributed by atoms with Crippen LogP contribution in [-0.4, -0.2) is 13.4 Å². The summed E-state index contributed by atoms with van der Waals surface area (Å²) in [7, 11) is -3.66. The monoisotopic (exact) mass is 356 g/mol. The summed E-state index contributed by atoms with van der Waals surface area (Å²) in [5.74, 6) is 0.573. The van der Waals surface area contributed by atoms with E-state index in [-0.39, 0.29) is 4.90 Å². The second kappa shape index (κ2) is 5.78. The number of anilines is 2. The molecule has 0 fully saturated rings. The molecule has 0 aliphatic heterocycles. The van der Waals surface area contributed by atoms with Gasteiger partial charge in [-0.15, -0.1) is 0 Å². The van der Waals surface area contributed by atoms with Gasteiger partial charge in [-0.3, -0.25) is 0 Å². The van der Waals surface area contributed by atoms with Crippen molar-refractivity contribution in [2.24, 2.45) is 5.14 Å². The Morgan fingerprint density at radius 2 is 1.90 bits per heavy atom. The van der Waals surface area contributed by atoms with Crippen LogP contribution in [0.4, 0.5) is 11.5 Å². The van der Waals surface area contributed by atoms with Crippen molar-refractivity contribution in [3.05, 3.63) is 46.6 Å². The molecule has 0 unspecified atom stereocenters. The number of halogens is 1. The SMILES string of the molecule is Nc1cc(Br)cnc1NCc1ccc(S(N)(=O)=O)cc1. The molecule has 1 aromatic carbocycles. The van der Waals surface area contributed by atoms with Gasteiger partial charge in [0, 0.05) is 17.2 Å². The summed E-state index contributed by atoms with van der Waals surface area (Å²) in [5.41, 5.74) is 7.23. The number of sulfonamides is 1. The van der Waals surface area contributed by atoms with E-state index < -0.39 is 10.0 Å². The van der Waals surface area contributed by atoms with E-state index in [1.165, 1.54) is 12.1 Å². The molecule has 5 N–H and O–H groups in total. The third-order valence-corrected chi connectivity index (χ3v) is 3.96. The molecule has 106 valence electrons. The van der Waals surface area contributed by atoms with Crippen LogP contribution in [0.15, 0.2) is 45.9 Å². The van der Waals surface area contributed by atoms with Crippen LogP contribution in [0.25, 0.3) is 0 Å². The van der Waals surface area contributed by atoms with Crippen LogP contribution in [0.1, 0.15) is 5.56 Å². The molecule has 0 bridgehead atoms. The van der Waals surface area contributed by atoms with Gasteiger partial charge in [0.25, 0.3) is 0 Å². The number of primary sulfonamides is 1. The summed E-state index contributed by atoms with van der Waals surface area (Å²) in [6.07, 6.45) is 1.64. The van der Waals surface area contributed by atoms with Gasteiger partial charge in [0.2, 0.25) is 10.0 Å². The summed E-state index contributed by atoms with van der Waals surface area (Å²) in [4.78, 5) is 4.24. The third kappa shape index (κ3) is 3.69. The smallest absolute Gasteiger partial charge is 0.238 e. The Bertz CT molecular complexity index is 717. The molecule has 0 aliphatic carbocycles. The molecule has 6 nitrogen and oxygen atoms in total. The lowest BCUT2D eigenvalue weighted by molar-refractivity contribution is 0.598. The summed E-state index contributed by atoms with van der Waals surface area (Å²) in [6.45, 7) is 0.476. The standard InChI is InChI=1S/C12H13BrN4O2S/c13-9-5-11(14)12(17-7-9)16-6-8-1-3-10(4-2-8)20(15,18)19/h1-5,7H,6,14H2,(H,16,17)(H2,15,18,19). The number of nitrogens with zero attached hydrogens (tertiary/aromatic N) is 1. The first-order valence-electron chi connectivity index (χ1n) is 5.63. The normalized spacial score (nSPS) is 11.3. The average molecular weight is 357 g/mol. The zero-order valence-electron chi connectivity index (χ0n) is 10.4. The molecule has 8 heteroatoms. The van der Waals surface area contributed by atoms with Gasteiger partial charge in [-0.1, -0.05) is 12.1 Å². The van der Waals surface area contributed by atoms with E-state index in [9.17, 15) is 8.42 Å². The average Bonchev–Trinajstić information content (AvgIpc) is 2.37. The van der Waals surface area contributed by atoms with Crippen molar-refractivity contribution in [1.29, 1.82) is 0 Å². The molecule has 0 radical (unpaired) electrons. The highest BCUT2D eigenvalue weighted by molar-refractivity contribution is 9.10. The number of hydrogen-bond acceptors (Lipinski definition) is 5. The molecule has 2 rings (SSSR count). The van der Waals surface area contributed by atoms with Crippen molar-refractivity contribution in [2.45, 2.75) is 11.4 Å². The van der Waals surface area contributed by atoms with Gasteiger partial charge in [0.15, 0.2) is 0 Å². The zero-order valence-corrected chi connectivity index (χ0v) is 12.8. The van der Waals surface area contributed by atoms with Crippen LogP contribution < -0.4 is 16.2 Å².